The van der Waals surface area contributed by atoms with E-state index >= 15 is 0 Å². The van der Waals surface area contributed by atoms with Crippen molar-refractivity contribution in [2.75, 3.05) is 11.5 Å². The number of hydrogen-bond acceptors (Lipinski definition) is 4. The number of hydrogen-bond donors (Lipinski definition) is 2. The van der Waals surface area contributed by atoms with Gasteiger partial charge in [-0.1, -0.05) is 19.1 Å². The van der Waals surface area contributed by atoms with Crippen LogP contribution in [0.15, 0.2) is 24.3 Å². The van der Waals surface area contributed by atoms with E-state index in [9.17, 15) is 13.2 Å². The van der Waals surface area contributed by atoms with Crippen molar-refractivity contribution in [3.05, 3.63) is 29.8 Å². The largest absolute Gasteiger partial charge is 0.399 e. The van der Waals surface area contributed by atoms with Gasteiger partial charge in [0.2, 0.25) is 15.9 Å². The lowest BCUT2D eigenvalue weighted by Gasteiger charge is -2.15. The molecule has 1 amide bonds. The molecule has 0 heterocycles. The lowest BCUT2D eigenvalue weighted by molar-refractivity contribution is -0.121. The Morgan fingerprint density at radius 3 is 2.37 bits per heavy atom. The van der Waals surface area contributed by atoms with E-state index in [-0.39, 0.29) is 5.75 Å². The van der Waals surface area contributed by atoms with Gasteiger partial charge in [-0.05, 0) is 37.0 Å². The summed E-state index contributed by atoms with van der Waals surface area (Å²) in [5.74, 6) is -0.456. The molecule has 5 nitrogen and oxygen atoms in total. The molecular weight excluding hydrogens is 264 g/mol. The number of nitrogens with two attached hydrogens (primary N) is 1. The van der Waals surface area contributed by atoms with Crippen molar-refractivity contribution < 1.29 is 13.2 Å². The normalized spacial score (nSPS) is 16.9. The van der Waals surface area contributed by atoms with Crippen molar-refractivity contribution in [2.24, 2.45) is 0 Å². The van der Waals surface area contributed by atoms with E-state index in [0.29, 0.717) is 24.9 Å². The number of nitrogen functional groups attached to an aromatic ring is 1. The Morgan fingerprint density at radius 2 is 1.89 bits per heavy atom. The summed E-state index contributed by atoms with van der Waals surface area (Å²) in [6.45, 7) is 1.76. The van der Waals surface area contributed by atoms with Crippen molar-refractivity contribution in [3.8, 4) is 0 Å². The number of amides is 1. The summed E-state index contributed by atoms with van der Waals surface area (Å²) >= 11 is 0. The molecule has 1 aromatic rings. The fourth-order valence-corrected chi connectivity index (χ4v) is 3.25. The quantitative estimate of drug-likeness (QED) is 0.793. The molecule has 19 heavy (non-hydrogen) atoms. The molecule has 1 saturated carbocycles. The van der Waals surface area contributed by atoms with Crippen LogP contribution in [-0.4, -0.2) is 20.1 Å². The molecule has 1 aromatic carbocycles. The first kappa shape index (κ1) is 13.9. The second-order valence-corrected chi connectivity index (χ2v) is 6.80. The molecule has 1 aliphatic carbocycles. The second kappa shape index (κ2) is 4.85. The van der Waals surface area contributed by atoms with Crippen LogP contribution < -0.4 is 10.5 Å². The predicted molar refractivity (Wildman–Crippen MR) is 74.0 cm³/mol. The van der Waals surface area contributed by atoms with E-state index in [1.165, 1.54) is 0 Å². The summed E-state index contributed by atoms with van der Waals surface area (Å²) in [7, 11) is -3.51. The molecular formula is C13H18N2O3S. The molecule has 0 atom stereocenters. The minimum absolute atomic E-state index is 0.0312. The number of benzene rings is 1. The van der Waals surface area contributed by atoms with Gasteiger partial charge in [-0.3, -0.25) is 9.52 Å². The molecule has 3 N–H and O–H groups in total. The lowest BCUT2D eigenvalue weighted by atomic mass is 9.95. The minimum atomic E-state index is -3.51. The third-order valence-electron chi connectivity index (χ3n) is 3.37. The van der Waals surface area contributed by atoms with Gasteiger partial charge in [0.15, 0.2) is 0 Å². The molecule has 0 aliphatic heterocycles. The van der Waals surface area contributed by atoms with E-state index < -0.39 is 21.3 Å². The molecule has 0 bridgehead atoms. The van der Waals surface area contributed by atoms with Crippen LogP contribution in [0.3, 0.4) is 0 Å². The van der Waals surface area contributed by atoms with Gasteiger partial charge in [-0.15, -0.1) is 0 Å². The average molecular weight is 282 g/mol. The molecule has 0 spiro atoms. The van der Waals surface area contributed by atoms with Crippen LogP contribution in [0.1, 0.15) is 31.7 Å². The van der Waals surface area contributed by atoms with Crippen LogP contribution in [0.2, 0.25) is 0 Å². The van der Waals surface area contributed by atoms with Gasteiger partial charge in [0, 0.05) is 5.69 Å². The number of carbonyl (C=O) groups is 1. The SMILES string of the molecule is CCCS(=O)(=O)NC(=O)C1(c2ccc(N)cc2)CC1. The van der Waals surface area contributed by atoms with Crippen molar-refractivity contribution in [1.82, 2.24) is 4.72 Å². The maximum absolute atomic E-state index is 12.2. The molecule has 0 aromatic heterocycles. The zero-order valence-corrected chi connectivity index (χ0v) is 11.7. The highest BCUT2D eigenvalue weighted by atomic mass is 32.2. The number of carbonyl (C=O) groups excluding carboxylic acids is 1. The smallest absolute Gasteiger partial charge is 0.244 e. The summed E-state index contributed by atoms with van der Waals surface area (Å²) < 4.78 is 25.5. The summed E-state index contributed by atoms with van der Waals surface area (Å²) in [6.07, 6.45) is 1.83. The van der Waals surface area contributed by atoms with Crippen molar-refractivity contribution in [2.45, 2.75) is 31.6 Å². The predicted octanol–water partition coefficient (Wildman–Crippen LogP) is 1.16. The van der Waals surface area contributed by atoms with E-state index in [0.717, 1.165) is 5.56 Å². The highest BCUT2D eigenvalue weighted by Crippen LogP contribution is 2.48. The molecule has 0 radical (unpaired) electrons. The maximum Gasteiger partial charge on any atom is 0.244 e. The van der Waals surface area contributed by atoms with Gasteiger partial charge in [-0.25, -0.2) is 8.42 Å². The van der Waals surface area contributed by atoms with E-state index in [2.05, 4.69) is 4.72 Å². The first-order valence-electron chi connectivity index (χ1n) is 6.30. The standard InChI is InChI=1S/C13H18N2O3S/c1-2-9-19(17,18)15-12(16)13(7-8-13)10-3-5-11(14)6-4-10/h3-6H,2,7-9,14H2,1H3,(H,15,16). The topological polar surface area (TPSA) is 89.3 Å². The van der Waals surface area contributed by atoms with Crippen LogP contribution in [0, 0.1) is 0 Å². The van der Waals surface area contributed by atoms with Crippen molar-refractivity contribution >= 4 is 21.6 Å². The number of anilines is 1. The highest BCUT2D eigenvalue weighted by molar-refractivity contribution is 7.90. The summed E-state index contributed by atoms with van der Waals surface area (Å²) in [4.78, 5) is 12.2. The average Bonchev–Trinajstić information content (AvgIpc) is 3.10. The Hall–Kier alpha value is -1.56. The number of rotatable bonds is 5. The number of nitrogens with one attached hydrogen (secondary N) is 1. The zero-order valence-electron chi connectivity index (χ0n) is 10.8. The zero-order chi connectivity index (χ0) is 14.1. The monoisotopic (exact) mass is 282 g/mol. The minimum Gasteiger partial charge on any atom is -0.399 e. The van der Waals surface area contributed by atoms with Gasteiger partial charge >= 0.3 is 0 Å². The third kappa shape index (κ3) is 2.89. The van der Waals surface area contributed by atoms with Crippen LogP contribution >= 0.6 is 0 Å². The maximum atomic E-state index is 12.2. The summed E-state index contributed by atoms with van der Waals surface area (Å²) in [5, 5.41) is 0. The van der Waals surface area contributed by atoms with Gasteiger partial charge in [0.1, 0.15) is 0 Å². The summed E-state index contributed by atoms with van der Waals surface area (Å²) in [5.41, 5.74) is 6.37. The van der Waals surface area contributed by atoms with Crippen LogP contribution in [-0.2, 0) is 20.2 Å². The van der Waals surface area contributed by atoms with Crippen molar-refractivity contribution in [1.29, 1.82) is 0 Å². The Bertz CT molecular complexity index is 574. The fraction of sp³-hybridized carbons (Fsp3) is 0.462. The van der Waals surface area contributed by atoms with Crippen LogP contribution in [0.25, 0.3) is 0 Å². The first-order chi connectivity index (χ1) is 8.89. The molecule has 1 aliphatic rings. The molecule has 104 valence electrons. The van der Waals surface area contributed by atoms with Gasteiger partial charge < -0.3 is 5.73 Å². The Balaban J connectivity index is 2.17. The van der Waals surface area contributed by atoms with Gasteiger partial charge in [-0.2, -0.15) is 0 Å². The Labute approximate surface area is 113 Å². The van der Waals surface area contributed by atoms with Crippen LogP contribution in [0.5, 0.6) is 0 Å². The Morgan fingerprint density at radius 1 is 1.32 bits per heavy atom. The molecule has 2 rings (SSSR count). The third-order valence-corrected chi connectivity index (χ3v) is 4.81. The highest BCUT2D eigenvalue weighted by Gasteiger charge is 2.52. The molecule has 0 unspecified atom stereocenters. The van der Waals surface area contributed by atoms with Crippen LogP contribution in [0.4, 0.5) is 5.69 Å². The first-order valence-corrected chi connectivity index (χ1v) is 7.96. The van der Waals surface area contributed by atoms with Crippen molar-refractivity contribution in [3.63, 3.8) is 0 Å². The fourth-order valence-electron chi connectivity index (χ4n) is 2.13. The molecule has 6 heteroatoms. The van der Waals surface area contributed by atoms with E-state index in [1.807, 2.05) is 0 Å². The number of sulfonamides is 1. The summed E-state index contributed by atoms with van der Waals surface area (Å²) in [6, 6.07) is 7.02. The lowest BCUT2D eigenvalue weighted by Crippen LogP contribution is -2.39. The Kier molecular flexibility index (Phi) is 3.54. The van der Waals surface area contributed by atoms with E-state index in [1.54, 1.807) is 31.2 Å². The molecule has 0 saturated heterocycles. The molecule has 1 fully saturated rings. The second-order valence-electron chi connectivity index (χ2n) is 4.95. The van der Waals surface area contributed by atoms with Gasteiger partial charge in [0.25, 0.3) is 0 Å². The van der Waals surface area contributed by atoms with E-state index in [4.69, 9.17) is 5.73 Å². The van der Waals surface area contributed by atoms with Gasteiger partial charge in [0.05, 0.1) is 11.2 Å².